The van der Waals surface area contributed by atoms with Crippen LogP contribution in [0, 0.1) is 6.92 Å². The van der Waals surface area contributed by atoms with Gasteiger partial charge in [-0.2, -0.15) is 0 Å². The number of piperidine rings is 1. The molecule has 2 bridgehead atoms. The molecule has 7 rings (SSSR count). The Morgan fingerprint density at radius 2 is 1.75 bits per heavy atom. The molecule has 6 atom stereocenters. The van der Waals surface area contributed by atoms with Crippen molar-refractivity contribution < 1.29 is 29.2 Å². The van der Waals surface area contributed by atoms with E-state index in [1.807, 2.05) is 30.3 Å². The Bertz CT molecular complexity index is 1690. The topological polar surface area (TPSA) is 95.9 Å². The number of aromatic hydroxyl groups is 1. The van der Waals surface area contributed by atoms with Gasteiger partial charge in [-0.3, -0.25) is 4.90 Å². The Labute approximate surface area is 328 Å². The third kappa shape index (κ3) is 8.48. The van der Waals surface area contributed by atoms with Gasteiger partial charge in [-0.15, -0.1) is 6.58 Å². The third-order valence-electron chi connectivity index (χ3n) is 12.8. The first kappa shape index (κ1) is 39.8. The van der Waals surface area contributed by atoms with E-state index in [4.69, 9.17) is 18.9 Å². The number of aliphatic hydroxyl groups is 1. The first-order chi connectivity index (χ1) is 26.8. The van der Waals surface area contributed by atoms with Gasteiger partial charge in [0.2, 0.25) is 0 Å². The minimum atomic E-state index is -0.880. The SMILES string of the molecule is C=CCN1CC[C@]23c4c5ccc(O)c4O[C@H]2[C@H](NCCCCCCOCCOCCN(C)CCC(Oc2ccc(C)cc2)c2ccccc2)CC[C@@]3(O)[C@H]1C5. The molecule has 0 radical (unpaired) electrons. The summed E-state index contributed by atoms with van der Waals surface area (Å²) in [5, 5.41) is 27.2. The fraction of sp³-hybridized carbons (Fsp3) is 0.565. The van der Waals surface area contributed by atoms with Crippen molar-refractivity contribution in [3.8, 4) is 17.2 Å². The van der Waals surface area contributed by atoms with Crippen molar-refractivity contribution in [3.63, 3.8) is 0 Å². The van der Waals surface area contributed by atoms with E-state index in [0.29, 0.717) is 25.6 Å². The predicted molar refractivity (Wildman–Crippen MR) is 217 cm³/mol. The molecule has 1 unspecified atom stereocenters. The fourth-order valence-corrected chi connectivity index (χ4v) is 9.93. The number of nitrogens with zero attached hydrogens (tertiary/aromatic N) is 2. The minimum Gasteiger partial charge on any atom is -0.504 e. The number of rotatable bonds is 22. The number of phenols is 1. The van der Waals surface area contributed by atoms with Crippen molar-refractivity contribution in [3.05, 3.63) is 102 Å². The fourth-order valence-electron chi connectivity index (χ4n) is 9.93. The lowest BCUT2D eigenvalue weighted by molar-refractivity contribution is -0.189. The number of hydrogen-bond acceptors (Lipinski definition) is 9. The molecular formula is C46H63N3O6. The van der Waals surface area contributed by atoms with Gasteiger partial charge in [-0.25, -0.2) is 0 Å². The molecule has 2 aliphatic carbocycles. The number of benzene rings is 3. The largest absolute Gasteiger partial charge is 0.504 e. The predicted octanol–water partition coefficient (Wildman–Crippen LogP) is 6.73. The average molecular weight is 754 g/mol. The van der Waals surface area contributed by atoms with Crippen LogP contribution in [0.4, 0.5) is 0 Å². The molecule has 0 amide bonds. The van der Waals surface area contributed by atoms with Crippen LogP contribution in [0.3, 0.4) is 0 Å². The van der Waals surface area contributed by atoms with E-state index in [2.05, 4.69) is 72.1 Å². The standard InChI is InChI=1S/C46H63N3O6/c1-4-25-49-27-23-45-42-36-16-19-39(50)43(42)55-44(45)38(20-22-46(45,51)41(49)33-36)47-24-10-5-6-11-29-52-31-32-53-30-28-48(3)26-21-40(35-12-8-7-9-13-35)54-37-17-14-34(2)15-18-37/h4,7-9,12-19,38,40-41,44,47,50-51H,1,5-6,10-11,20-33H2,2-3H3/t38-,40?,41-,44+,45+,46-/m1/s1. The first-order valence-corrected chi connectivity index (χ1v) is 20.8. The van der Waals surface area contributed by atoms with Crippen molar-refractivity contribution in [2.24, 2.45) is 0 Å². The van der Waals surface area contributed by atoms with Crippen molar-refractivity contribution in [2.75, 3.05) is 66.2 Å². The maximum absolute atomic E-state index is 12.5. The molecule has 4 aliphatic rings. The lowest BCUT2D eigenvalue weighted by Crippen LogP contribution is -2.78. The summed E-state index contributed by atoms with van der Waals surface area (Å²) < 4.78 is 24.8. The number of unbranched alkanes of at least 4 members (excludes halogenated alkanes) is 3. The molecule has 55 heavy (non-hydrogen) atoms. The number of likely N-dealkylation sites (N-methyl/N-ethyl adjacent to an activating group) is 1. The van der Waals surface area contributed by atoms with Gasteiger partial charge in [0.15, 0.2) is 11.5 Å². The lowest BCUT2D eigenvalue weighted by atomic mass is 9.48. The molecule has 0 aromatic heterocycles. The van der Waals surface area contributed by atoms with Gasteiger partial charge < -0.3 is 39.4 Å². The second kappa shape index (κ2) is 18.2. The van der Waals surface area contributed by atoms with Crippen LogP contribution in [0.5, 0.6) is 17.2 Å². The molecule has 3 N–H and O–H groups in total. The van der Waals surface area contributed by atoms with Crippen LogP contribution in [0.15, 0.2) is 79.4 Å². The molecule has 2 heterocycles. The summed E-state index contributed by atoms with van der Waals surface area (Å²) in [7, 11) is 2.14. The first-order valence-electron chi connectivity index (χ1n) is 20.8. The van der Waals surface area contributed by atoms with Crippen molar-refractivity contribution in [1.29, 1.82) is 0 Å². The zero-order valence-corrected chi connectivity index (χ0v) is 33.1. The van der Waals surface area contributed by atoms with E-state index in [1.54, 1.807) is 6.07 Å². The highest BCUT2D eigenvalue weighted by molar-refractivity contribution is 5.62. The minimum absolute atomic E-state index is 0.00243. The van der Waals surface area contributed by atoms with Crippen molar-refractivity contribution in [2.45, 2.75) is 100 Å². The second-order valence-corrected chi connectivity index (χ2v) is 16.3. The highest BCUT2D eigenvalue weighted by atomic mass is 16.5. The Morgan fingerprint density at radius 1 is 0.964 bits per heavy atom. The van der Waals surface area contributed by atoms with Crippen molar-refractivity contribution in [1.82, 2.24) is 15.1 Å². The Hall–Kier alpha value is -3.44. The van der Waals surface area contributed by atoms with Crippen LogP contribution < -0.4 is 14.8 Å². The molecule has 3 aromatic carbocycles. The summed E-state index contributed by atoms with van der Waals surface area (Å²) in [4.78, 5) is 4.71. The molecular weight excluding hydrogens is 691 g/mol. The van der Waals surface area contributed by atoms with Gasteiger partial charge in [0.1, 0.15) is 18.0 Å². The van der Waals surface area contributed by atoms with Crippen LogP contribution in [0.2, 0.25) is 0 Å². The molecule has 9 nitrogen and oxygen atoms in total. The van der Waals surface area contributed by atoms with E-state index in [9.17, 15) is 10.2 Å². The molecule has 2 fully saturated rings. The van der Waals surface area contributed by atoms with Crippen LogP contribution >= 0.6 is 0 Å². The summed E-state index contributed by atoms with van der Waals surface area (Å²) >= 11 is 0. The van der Waals surface area contributed by atoms with Gasteiger partial charge in [0, 0.05) is 50.3 Å². The van der Waals surface area contributed by atoms with E-state index in [1.165, 1.54) is 16.7 Å². The molecule has 2 aliphatic heterocycles. The van der Waals surface area contributed by atoms with Gasteiger partial charge >= 0.3 is 0 Å². The Morgan fingerprint density at radius 3 is 2.55 bits per heavy atom. The summed E-state index contributed by atoms with van der Waals surface area (Å²) in [6.45, 7) is 13.1. The van der Waals surface area contributed by atoms with Gasteiger partial charge in [-0.1, -0.05) is 73.0 Å². The number of phenolic OH excluding ortho intramolecular Hbond substituents is 1. The van der Waals surface area contributed by atoms with Gasteiger partial charge in [0.25, 0.3) is 0 Å². The van der Waals surface area contributed by atoms with Crippen LogP contribution in [-0.2, 0) is 21.3 Å². The molecule has 1 spiro atoms. The highest BCUT2D eigenvalue weighted by Crippen LogP contribution is 2.65. The van der Waals surface area contributed by atoms with E-state index < -0.39 is 11.0 Å². The summed E-state index contributed by atoms with van der Waals surface area (Å²) in [6.07, 6.45) is 10.2. The molecule has 3 aromatic rings. The second-order valence-electron chi connectivity index (χ2n) is 16.3. The van der Waals surface area contributed by atoms with Crippen LogP contribution in [0.1, 0.15) is 79.7 Å². The Balaban J connectivity index is 0.753. The number of ether oxygens (including phenoxy) is 4. The Kier molecular flexibility index (Phi) is 13.2. The molecule has 1 saturated carbocycles. The highest BCUT2D eigenvalue weighted by Gasteiger charge is 2.72. The van der Waals surface area contributed by atoms with Gasteiger partial charge in [0.05, 0.1) is 30.8 Å². The molecule has 1 saturated heterocycles. The zero-order chi connectivity index (χ0) is 38.3. The van der Waals surface area contributed by atoms with Crippen molar-refractivity contribution >= 4 is 0 Å². The normalized spacial score (nSPS) is 25.7. The molecule has 9 heteroatoms. The zero-order valence-electron chi connectivity index (χ0n) is 33.1. The number of hydrogen-bond donors (Lipinski definition) is 3. The summed E-state index contributed by atoms with van der Waals surface area (Å²) in [5.74, 6) is 1.70. The number of likely N-dealkylation sites (tertiary alicyclic amines) is 1. The summed E-state index contributed by atoms with van der Waals surface area (Å²) in [6, 6.07) is 22.7. The van der Waals surface area contributed by atoms with E-state index >= 15 is 0 Å². The maximum Gasteiger partial charge on any atom is 0.165 e. The number of nitrogens with one attached hydrogen (secondary N) is 1. The lowest BCUT2D eigenvalue weighted by Gasteiger charge is -2.64. The average Bonchev–Trinajstić information content (AvgIpc) is 3.55. The van der Waals surface area contributed by atoms with Crippen LogP contribution in [-0.4, -0.2) is 110 Å². The monoisotopic (exact) mass is 753 g/mol. The quantitative estimate of drug-likeness (QED) is 0.0763. The number of aryl methyl sites for hydroxylation is 1. The third-order valence-corrected chi connectivity index (χ3v) is 12.8. The summed E-state index contributed by atoms with van der Waals surface area (Å²) in [5.41, 5.74) is 3.34. The van der Waals surface area contributed by atoms with Crippen LogP contribution in [0.25, 0.3) is 0 Å². The maximum atomic E-state index is 12.5. The van der Waals surface area contributed by atoms with Gasteiger partial charge in [-0.05, 0) is 94.9 Å². The van der Waals surface area contributed by atoms with E-state index in [-0.39, 0.29) is 30.0 Å². The molecule has 298 valence electrons. The van der Waals surface area contributed by atoms with E-state index in [0.717, 1.165) is 108 Å². The smallest absolute Gasteiger partial charge is 0.165 e.